The van der Waals surface area contributed by atoms with Gasteiger partial charge in [-0.25, -0.2) is 9.59 Å². The van der Waals surface area contributed by atoms with Crippen LogP contribution in [0.2, 0.25) is 0 Å². The molecule has 0 aromatic heterocycles. The third-order valence-corrected chi connectivity index (χ3v) is 2.50. The fraction of sp³-hybridized carbons (Fsp3) is 0.538. The highest BCUT2D eigenvalue weighted by molar-refractivity contribution is 5.86. The summed E-state index contributed by atoms with van der Waals surface area (Å²) >= 11 is 0. The van der Waals surface area contributed by atoms with Crippen LogP contribution in [0.15, 0.2) is 23.3 Å². The van der Waals surface area contributed by atoms with Gasteiger partial charge >= 0.3 is 11.9 Å². The normalized spacial score (nSPS) is 12.5. The number of hydrogen-bond donors (Lipinski definition) is 4. The molecule has 6 nitrogen and oxygen atoms in total. The molecule has 0 radical (unpaired) electrons. The predicted octanol–water partition coefficient (Wildman–Crippen LogP) is 0.944. The van der Waals surface area contributed by atoms with Crippen molar-refractivity contribution in [3.63, 3.8) is 0 Å². The monoisotopic (exact) mass is 272 g/mol. The molecule has 0 fully saturated rings. The van der Waals surface area contributed by atoms with Crippen LogP contribution in [0.4, 0.5) is 0 Å². The maximum absolute atomic E-state index is 10.7. The van der Waals surface area contributed by atoms with Crippen molar-refractivity contribution in [2.75, 3.05) is 13.2 Å². The molecule has 0 aliphatic rings. The Hall–Kier alpha value is -1.66. The van der Waals surface area contributed by atoms with E-state index in [1.54, 1.807) is 12.2 Å². The lowest BCUT2D eigenvalue weighted by Gasteiger charge is -2.01. The summed E-state index contributed by atoms with van der Waals surface area (Å²) in [4.78, 5) is 21.5. The van der Waals surface area contributed by atoms with E-state index in [9.17, 15) is 9.59 Å². The molecule has 108 valence electrons. The summed E-state index contributed by atoms with van der Waals surface area (Å²) in [6, 6.07) is 0. The molecule has 0 atom stereocenters. The van der Waals surface area contributed by atoms with Crippen LogP contribution >= 0.6 is 0 Å². The van der Waals surface area contributed by atoms with Crippen molar-refractivity contribution >= 4 is 11.9 Å². The minimum Gasteiger partial charge on any atom is -0.478 e. The predicted molar refractivity (Wildman–Crippen MR) is 68.7 cm³/mol. The summed E-state index contributed by atoms with van der Waals surface area (Å²) in [5.74, 6) is -2.09. The molecule has 0 amide bonds. The SMILES string of the molecule is O=C(O)C(=CCCCC=C(CCO)C(=O)O)CCO. The number of carboxylic acid groups (broad SMARTS) is 2. The van der Waals surface area contributed by atoms with E-state index >= 15 is 0 Å². The second-order valence-electron chi connectivity index (χ2n) is 3.95. The Labute approximate surface area is 111 Å². The van der Waals surface area contributed by atoms with Gasteiger partial charge in [-0.05, 0) is 19.3 Å². The minimum absolute atomic E-state index is 0.107. The van der Waals surface area contributed by atoms with Gasteiger partial charge in [-0.1, -0.05) is 12.2 Å². The smallest absolute Gasteiger partial charge is 0.331 e. The van der Waals surface area contributed by atoms with Crippen LogP contribution in [-0.4, -0.2) is 45.6 Å². The molecule has 0 unspecified atom stereocenters. The number of rotatable bonds is 10. The highest BCUT2D eigenvalue weighted by Gasteiger charge is 2.06. The lowest BCUT2D eigenvalue weighted by atomic mass is 10.1. The van der Waals surface area contributed by atoms with Gasteiger partial charge in [0.25, 0.3) is 0 Å². The number of allylic oxidation sites excluding steroid dienone is 2. The Morgan fingerprint density at radius 3 is 1.42 bits per heavy atom. The maximum Gasteiger partial charge on any atom is 0.331 e. The standard InChI is InChI=1S/C13H20O6/c14-8-6-10(12(16)17)4-2-1-3-5-11(7-9-15)13(18)19/h4-5,14-15H,1-3,6-9H2,(H,16,17)(H,18,19). The molecule has 6 heteroatoms. The van der Waals surface area contributed by atoms with E-state index in [2.05, 4.69) is 0 Å². The number of unbranched alkanes of at least 4 members (excludes halogenated alkanes) is 2. The van der Waals surface area contributed by atoms with Crippen LogP contribution in [0, 0.1) is 0 Å². The van der Waals surface area contributed by atoms with Crippen molar-refractivity contribution in [1.82, 2.24) is 0 Å². The first-order chi connectivity index (χ1) is 9.02. The average molecular weight is 272 g/mol. The van der Waals surface area contributed by atoms with Crippen LogP contribution < -0.4 is 0 Å². The summed E-state index contributed by atoms with van der Waals surface area (Å²) in [6.07, 6.45) is 4.92. The first-order valence-corrected chi connectivity index (χ1v) is 6.09. The van der Waals surface area contributed by atoms with Crippen LogP contribution in [-0.2, 0) is 9.59 Å². The zero-order valence-corrected chi connectivity index (χ0v) is 10.7. The van der Waals surface area contributed by atoms with Crippen LogP contribution in [0.5, 0.6) is 0 Å². The Morgan fingerprint density at radius 1 is 0.789 bits per heavy atom. The fourth-order valence-electron chi connectivity index (χ4n) is 1.50. The van der Waals surface area contributed by atoms with Gasteiger partial charge in [-0.15, -0.1) is 0 Å². The first kappa shape index (κ1) is 17.3. The highest BCUT2D eigenvalue weighted by atomic mass is 16.4. The van der Waals surface area contributed by atoms with Crippen molar-refractivity contribution in [3.05, 3.63) is 23.3 Å². The Morgan fingerprint density at radius 2 is 1.16 bits per heavy atom. The third kappa shape index (κ3) is 8.12. The number of aliphatic hydroxyl groups excluding tert-OH is 2. The second-order valence-corrected chi connectivity index (χ2v) is 3.95. The van der Waals surface area contributed by atoms with Gasteiger partial charge in [0.15, 0.2) is 0 Å². The number of carbonyl (C=O) groups is 2. The molecule has 0 spiro atoms. The van der Waals surface area contributed by atoms with Crippen molar-refractivity contribution in [2.45, 2.75) is 32.1 Å². The van der Waals surface area contributed by atoms with Crippen molar-refractivity contribution < 1.29 is 30.0 Å². The van der Waals surface area contributed by atoms with Gasteiger partial charge in [0.05, 0.1) is 0 Å². The van der Waals surface area contributed by atoms with Crippen LogP contribution in [0.1, 0.15) is 32.1 Å². The third-order valence-electron chi connectivity index (χ3n) is 2.50. The summed E-state index contributed by atoms with van der Waals surface area (Å²) < 4.78 is 0. The molecule has 0 aromatic carbocycles. The quantitative estimate of drug-likeness (QED) is 0.347. The molecule has 0 rings (SSSR count). The van der Waals surface area contributed by atoms with E-state index in [1.165, 1.54) is 0 Å². The second kappa shape index (κ2) is 10.3. The summed E-state index contributed by atoms with van der Waals surface area (Å²) in [6.45, 7) is -0.421. The van der Waals surface area contributed by atoms with E-state index < -0.39 is 11.9 Å². The van der Waals surface area contributed by atoms with Crippen molar-refractivity contribution in [3.8, 4) is 0 Å². The molecule has 0 aliphatic heterocycles. The Balaban J connectivity index is 4.21. The zero-order chi connectivity index (χ0) is 14.7. The molecule has 0 saturated carbocycles. The van der Waals surface area contributed by atoms with Gasteiger partial charge in [0.2, 0.25) is 0 Å². The van der Waals surface area contributed by atoms with E-state index in [-0.39, 0.29) is 37.2 Å². The molecular formula is C13H20O6. The highest BCUT2D eigenvalue weighted by Crippen LogP contribution is 2.09. The Kier molecular flexibility index (Phi) is 9.38. The van der Waals surface area contributed by atoms with Crippen LogP contribution in [0.3, 0.4) is 0 Å². The lowest BCUT2D eigenvalue weighted by Crippen LogP contribution is -2.03. The molecule has 19 heavy (non-hydrogen) atoms. The van der Waals surface area contributed by atoms with Crippen LogP contribution in [0.25, 0.3) is 0 Å². The molecule has 0 aromatic rings. The van der Waals surface area contributed by atoms with E-state index in [0.29, 0.717) is 19.3 Å². The maximum atomic E-state index is 10.7. The lowest BCUT2D eigenvalue weighted by molar-refractivity contribution is -0.133. The number of aliphatic carboxylic acids is 2. The molecule has 0 bridgehead atoms. The van der Waals surface area contributed by atoms with E-state index in [1.807, 2.05) is 0 Å². The summed E-state index contributed by atoms with van der Waals surface area (Å²) in [5, 5.41) is 34.9. The largest absolute Gasteiger partial charge is 0.478 e. The molecular weight excluding hydrogens is 252 g/mol. The van der Waals surface area contributed by atoms with Gasteiger partial charge < -0.3 is 20.4 Å². The zero-order valence-electron chi connectivity index (χ0n) is 10.7. The van der Waals surface area contributed by atoms with Crippen molar-refractivity contribution in [1.29, 1.82) is 0 Å². The fourth-order valence-corrected chi connectivity index (χ4v) is 1.50. The summed E-state index contributed by atoms with van der Waals surface area (Å²) in [5.41, 5.74) is 0.334. The molecule has 0 saturated heterocycles. The Bertz CT molecular complexity index is 322. The van der Waals surface area contributed by atoms with Crippen molar-refractivity contribution in [2.24, 2.45) is 0 Å². The topological polar surface area (TPSA) is 115 Å². The number of aliphatic hydroxyl groups is 2. The average Bonchev–Trinajstić information content (AvgIpc) is 2.35. The minimum atomic E-state index is -1.05. The summed E-state index contributed by atoms with van der Waals surface area (Å²) in [7, 11) is 0. The van der Waals surface area contributed by atoms with Gasteiger partial charge in [0, 0.05) is 37.2 Å². The number of hydrogen-bond acceptors (Lipinski definition) is 4. The molecule has 4 N–H and O–H groups in total. The van der Waals surface area contributed by atoms with Gasteiger partial charge in [-0.2, -0.15) is 0 Å². The van der Waals surface area contributed by atoms with E-state index in [4.69, 9.17) is 20.4 Å². The number of carboxylic acids is 2. The molecule has 0 heterocycles. The van der Waals surface area contributed by atoms with Gasteiger partial charge in [0.1, 0.15) is 0 Å². The van der Waals surface area contributed by atoms with Gasteiger partial charge in [-0.3, -0.25) is 0 Å². The first-order valence-electron chi connectivity index (χ1n) is 6.09. The van der Waals surface area contributed by atoms with E-state index in [0.717, 1.165) is 0 Å². The molecule has 0 aliphatic carbocycles.